The second-order valence-electron chi connectivity index (χ2n) is 7.16. The lowest BCUT2D eigenvalue weighted by atomic mass is 9.92. The van der Waals surface area contributed by atoms with Crippen molar-refractivity contribution in [3.8, 4) is 0 Å². The summed E-state index contributed by atoms with van der Waals surface area (Å²) in [6.45, 7) is 15.4. The minimum atomic E-state index is -0.339. The third-order valence-corrected chi connectivity index (χ3v) is 5.65. The van der Waals surface area contributed by atoms with Crippen molar-refractivity contribution in [1.29, 1.82) is 0 Å². The van der Waals surface area contributed by atoms with Gasteiger partial charge in [0.1, 0.15) is 0 Å². The smallest absolute Gasteiger partial charge is 0.0831 e. The molecule has 1 heteroatoms. The van der Waals surface area contributed by atoms with Crippen LogP contribution in [0.2, 0.25) is 0 Å². The van der Waals surface area contributed by atoms with Crippen LogP contribution in [0.15, 0.2) is 12.1 Å². The number of aliphatic hydroxyl groups excluding tert-OH is 1. The van der Waals surface area contributed by atoms with Crippen LogP contribution in [0.1, 0.15) is 56.1 Å². The summed E-state index contributed by atoms with van der Waals surface area (Å²) < 4.78 is 0. The fraction of sp³-hybridized carbons (Fsp3) is 0.647. The van der Waals surface area contributed by atoms with Crippen LogP contribution in [0.25, 0.3) is 0 Å². The van der Waals surface area contributed by atoms with Crippen molar-refractivity contribution in [1.82, 2.24) is 0 Å². The van der Waals surface area contributed by atoms with E-state index in [0.717, 1.165) is 5.56 Å². The SMILES string of the molecule is Cc1cc(C)c(C(O)C2C(C)(C)C2(C)C)cc1C. The number of benzene rings is 1. The van der Waals surface area contributed by atoms with E-state index in [4.69, 9.17) is 0 Å². The van der Waals surface area contributed by atoms with Crippen LogP contribution < -0.4 is 0 Å². The fourth-order valence-corrected chi connectivity index (χ4v) is 3.52. The van der Waals surface area contributed by atoms with Crippen molar-refractivity contribution in [3.05, 3.63) is 34.4 Å². The predicted molar refractivity (Wildman–Crippen MR) is 76.7 cm³/mol. The molecular formula is C17H26O. The Labute approximate surface area is 111 Å². The molecule has 0 aromatic heterocycles. The largest absolute Gasteiger partial charge is 0.388 e. The Morgan fingerprint density at radius 1 is 0.889 bits per heavy atom. The van der Waals surface area contributed by atoms with E-state index in [9.17, 15) is 5.11 Å². The zero-order valence-corrected chi connectivity index (χ0v) is 12.8. The van der Waals surface area contributed by atoms with Gasteiger partial charge >= 0.3 is 0 Å². The average Bonchev–Trinajstić information content (AvgIpc) is 2.62. The topological polar surface area (TPSA) is 20.2 Å². The molecule has 0 bridgehead atoms. The number of hydrogen-bond donors (Lipinski definition) is 1. The molecule has 1 N–H and O–H groups in total. The maximum atomic E-state index is 10.7. The Kier molecular flexibility index (Phi) is 2.90. The van der Waals surface area contributed by atoms with Crippen LogP contribution >= 0.6 is 0 Å². The van der Waals surface area contributed by atoms with Crippen molar-refractivity contribution in [2.75, 3.05) is 0 Å². The van der Waals surface area contributed by atoms with Gasteiger partial charge in [-0.2, -0.15) is 0 Å². The first-order valence-electron chi connectivity index (χ1n) is 6.86. The Balaban J connectivity index is 2.37. The molecule has 0 spiro atoms. The highest BCUT2D eigenvalue weighted by Crippen LogP contribution is 2.72. The van der Waals surface area contributed by atoms with Crippen LogP contribution in [0, 0.1) is 37.5 Å². The molecule has 0 saturated heterocycles. The van der Waals surface area contributed by atoms with Gasteiger partial charge < -0.3 is 5.11 Å². The molecule has 1 atom stereocenters. The summed E-state index contributed by atoms with van der Waals surface area (Å²) in [6.07, 6.45) is -0.339. The highest BCUT2D eigenvalue weighted by molar-refractivity contribution is 5.39. The van der Waals surface area contributed by atoms with E-state index in [-0.39, 0.29) is 16.9 Å². The zero-order valence-electron chi connectivity index (χ0n) is 12.8. The Bertz CT molecular complexity index is 469. The molecular weight excluding hydrogens is 220 g/mol. The Hall–Kier alpha value is -0.820. The van der Waals surface area contributed by atoms with Gasteiger partial charge in [0, 0.05) is 5.92 Å². The molecule has 1 unspecified atom stereocenters. The Morgan fingerprint density at radius 3 is 1.78 bits per heavy atom. The summed E-state index contributed by atoms with van der Waals surface area (Å²) >= 11 is 0. The van der Waals surface area contributed by atoms with Crippen LogP contribution in [-0.4, -0.2) is 5.11 Å². The number of hydrogen-bond acceptors (Lipinski definition) is 1. The lowest BCUT2D eigenvalue weighted by Gasteiger charge is -2.18. The normalized spacial score (nSPS) is 22.9. The van der Waals surface area contributed by atoms with Gasteiger partial charge in [0.25, 0.3) is 0 Å². The number of rotatable bonds is 2. The molecule has 0 aliphatic heterocycles. The number of aryl methyl sites for hydroxylation is 3. The van der Waals surface area contributed by atoms with Crippen LogP contribution in [0.4, 0.5) is 0 Å². The molecule has 0 heterocycles. The molecule has 2 rings (SSSR count). The summed E-state index contributed by atoms with van der Waals surface area (Å²) in [7, 11) is 0. The van der Waals surface area contributed by atoms with Gasteiger partial charge in [0.15, 0.2) is 0 Å². The molecule has 0 amide bonds. The summed E-state index contributed by atoms with van der Waals surface area (Å²) in [5, 5.41) is 10.7. The molecule has 0 radical (unpaired) electrons. The standard InChI is InChI=1S/C17H26O/c1-10-8-12(3)13(9-11(10)2)14(18)15-16(4,5)17(15,6)7/h8-9,14-15,18H,1-7H3. The third-order valence-electron chi connectivity index (χ3n) is 5.65. The van der Waals surface area contributed by atoms with Gasteiger partial charge in [0.05, 0.1) is 6.10 Å². The molecule has 1 saturated carbocycles. The van der Waals surface area contributed by atoms with Gasteiger partial charge in [-0.15, -0.1) is 0 Å². The molecule has 1 aromatic carbocycles. The molecule has 100 valence electrons. The van der Waals surface area contributed by atoms with Gasteiger partial charge in [-0.05, 0) is 53.9 Å². The first-order valence-corrected chi connectivity index (χ1v) is 6.86. The van der Waals surface area contributed by atoms with Gasteiger partial charge in [-0.3, -0.25) is 0 Å². The first kappa shape index (κ1) is 13.6. The van der Waals surface area contributed by atoms with E-state index in [1.165, 1.54) is 16.7 Å². The summed E-state index contributed by atoms with van der Waals surface area (Å²) in [5.74, 6) is 0.353. The molecule has 1 nitrogen and oxygen atoms in total. The monoisotopic (exact) mass is 246 g/mol. The third kappa shape index (κ3) is 1.72. The van der Waals surface area contributed by atoms with Crippen LogP contribution in [0.3, 0.4) is 0 Å². The lowest BCUT2D eigenvalue weighted by Crippen LogP contribution is -2.08. The minimum absolute atomic E-state index is 0.220. The maximum Gasteiger partial charge on any atom is 0.0831 e. The van der Waals surface area contributed by atoms with E-state index < -0.39 is 0 Å². The van der Waals surface area contributed by atoms with E-state index in [2.05, 4.69) is 60.6 Å². The van der Waals surface area contributed by atoms with Crippen molar-refractivity contribution >= 4 is 0 Å². The van der Waals surface area contributed by atoms with E-state index in [1.807, 2.05) is 0 Å². The average molecular weight is 246 g/mol. The van der Waals surface area contributed by atoms with E-state index in [0.29, 0.717) is 5.92 Å². The van der Waals surface area contributed by atoms with E-state index >= 15 is 0 Å². The summed E-state index contributed by atoms with van der Waals surface area (Å²) in [5.41, 5.74) is 5.34. The van der Waals surface area contributed by atoms with Crippen LogP contribution in [-0.2, 0) is 0 Å². The van der Waals surface area contributed by atoms with Gasteiger partial charge in [-0.1, -0.05) is 39.8 Å². The van der Waals surface area contributed by atoms with Crippen molar-refractivity contribution in [2.24, 2.45) is 16.7 Å². The maximum absolute atomic E-state index is 10.7. The zero-order chi connectivity index (χ0) is 13.9. The Morgan fingerprint density at radius 2 is 1.33 bits per heavy atom. The molecule has 1 aliphatic rings. The molecule has 1 aliphatic carbocycles. The first-order chi connectivity index (χ1) is 8.10. The lowest BCUT2D eigenvalue weighted by molar-refractivity contribution is 0.130. The van der Waals surface area contributed by atoms with E-state index in [1.54, 1.807) is 0 Å². The predicted octanol–water partition coefficient (Wildman–Crippen LogP) is 4.33. The van der Waals surface area contributed by atoms with Crippen molar-refractivity contribution in [3.63, 3.8) is 0 Å². The highest BCUT2D eigenvalue weighted by Gasteiger charge is 2.67. The second-order valence-corrected chi connectivity index (χ2v) is 7.16. The summed E-state index contributed by atoms with van der Waals surface area (Å²) in [4.78, 5) is 0. The molecule has 1 aromatic rings. The van der Waals surface area contributed by atoms with Crippen molar-refractivity contribution < 1.29 is 5.11 Å². The van der Waals surface area contributed by atoms with Crippen molar-refractivity contribution in [2.45, 2.75) is 54.6 Å². The molecule has 1 fully saturated rings. The van der Waals surface area contributed by atoms with Crippen LogP contribution in [0.5, 0.6) is 0 Å². The minimum Gasteiger partial charge on any atom is -0.388 e. The molecule has 18 heavy (non-hydrogen) atoms. The highest BCUT2D eigenvalue weighted by atomic mass is 16.3. The fourth-order valence-electron chi connectivity index (χ4n) is 3.52. The van der Waals surface area contributed by atoms with Gasteiger partial charge in [-0.25, -0.2) is 0 Å². The quantitative estimate of drug-likeness (QED) is 0.823. The number of aliphatic hydroxyl groups is 1. The summed E-state index contributed by atoms with van der Waals surface area (Å²) in [6, 6.07) is 4.36. The second kappa shape index (κ2) is 3.84. The van der Waals surface area contributed by atoms with Gasteiger partial charge in [0.2, 0.25) is 0 Å².